The van der Waals surface area contributed by atoms with Gasteiger partial charge in [-0.1, -0.05) is 55.3 Å². The summed E-state index contributed by atoms with van der Waals surface area (Å²) < 4.78 is 28.6. The summed E-state index contributed by atoms with van der Waals surface area (Å²) in [4.78, 5) is 12.8. The second-order valence-corrected chi connectivity index (χ2v) is 13.4. The highest BCUT2D eigenvalue weighted by Crippen LogP contribution is 2.57. The molecule has 0 radical (unpaired) electrons. The van der Waals surface area contributed by atoms with E-state index in [2.05, 4.69) is 17.2 Å². The van der Waals surface area contributed by atoms with Gasteiger partial charge in [-0.05, 0) is 60.6 Å². The Bertz CT molecular complexity index is 1560. The number of fused-ring (bicyclic) bond motifs is 1. The van der Waals surface area contributed by atoms with E-state index < -0.39 is 16.7 Å². The largest absolute Gasteiger partial charge is 0.478 e. The van der Waals surface area contributed by atoms with E-state index in [1.165, 1.54) is 0 Å². The van der Waals surface area contributed by atoms with Crippen molar-refractivity contribution in [1.29, 1.82) is 0 Å². The lowest BCUT2D eigenvalue weighted by molar-refractivity contribution is 0.0695. The second-order valence-electron chi connectivity index (χ2n) is 11.4. The molecule has 2 aromatic heterocycles. The molecule has 1 unspecified atom stereocenters. The zero-order valence-electron chi connectivity index (χ0n) is 23.4. The van der Waals surface area contributed by atoms with Crippen LogP contribution in [0.1, 0.15) is 77.3 Å². The highest BCUT2D eigenvalue weighted by atomic mass is 32.3. The molecule has 2 aliphatic rings. The van der Waals surface area contributed by atoms with Crippen molar-refractivity contribution in [2.75, 3.05) is 6.54 Å². The number of aryl methyl sites for hydroxylation is 1. The highest BCUT2D eigenvalue weighted by molar-refractivity contribution is 8.22. The summed E-state index contributed by atoms with van der Waals surface area (Å²) in [5, 5.41) is 18.3. The van der Waals surface area contributed by atoms with Crippen LogP contribution in [-0.2, 0) is 20.0 Å². The molecule has 9 nitrogen and oxygen atoms in total. The Hall–Kier alpha value is -3.44. The third kappa shape index (κ3) is 5.44. The standard InChI is InChI=1S/C31H37N5O4S/c1-3-4-8-21-15-23-10-5-6-12-29(23)41(39,40)35(18-21)19-22-9-7-11-24(16-22)36-14-13-25(31(37)38)30(36)27-17-26(27)28-20-34(2)33-32-28/h5-7,9-14,16,20-21,26-27,39-40H,3-4,8,15,17-19H2,1-2H3,(H,37,38)/t21?,26-,27-/m1/s1. The number of rotatable bonds is 9. The first-order valence-corrected chi connectivity index (χ1v) is 15.8. The summed E-state index contributed by atoms with van der Waals surface area (Å²) >= 11 is 0. The van der Waals surface area contributed by atoms with E-state index in [9.17, 15) is 19.0 Å². The smallest absolute Gasteiger partial charge is 0.337 e. The number of carboxylic acids is 1. The van der Waals surface area contributed by atoms with Crippen molar-refractivity contribution in [3.63, 3.8) is 0 Å². The Balaban J connectivity index is 1.31. The van der Waals surface area contributed by atoms with Crippen molar-refractivity contribution in [3.05, 3.63) is 95.1 Å². The van der Waals surface area contributed by atoms with Crippen molar-refractivity contribution in [1.82, 2.24) is 23.9 Å². The van der Waals surface area contributed by atoms with Crippen molar-refractivity contribution in [3.8, 4) is 5.69 Å². The van der Waals surface area contributed by atoms with E-state index in [1.807, 2.05) is 76.8 Å². The topological polar surface area (TPSA) is 117 Å². The molecule has 1 saturated carbocycles. The predicted octanol–water partition coefficient (Wildman–Crippen LogP) is 6.46. The number of aromatic nitrogens is 4. The first kappa shape index (κ1) is 27.7. The van der Waals surface area contributed by atoms with Gasteiger partial charge >= 0.3 is 5.97 Å². The van der Waals surface area contributed by atoms with Gasteiger partial charge in [0.15, 0.2) is 0 Å². The lowest BCUT2D eigenvalue weighted by Gasteiger charge is -2.43. The van der Waals surface area contributed by atoms with E-state index in [1.54, 1.807) is 10.7 Å². The fourth-order valence-corrected chi connectivity index (χ4v) is 8.07. The summed E-state index contributed by atoms with van der Waals surface area (Å²) in [7, 11) is -1.35. The van der Waals surface area contributed by atoms with Gasteiger partial charge in [-0.25, -0.2) is 4.79 Å². The van der Waals surface area contributed by atoms with Crippen LogP contribution >= 0.6 is 10.8 Å². The van der Waals surface area contributed by atoms with Gasteiger partial charge in [-0.15, -0.1) is 15.9 Å². The maximum absolute atomic E-state index is 12.2. The Morgan fingerprint density at radius 1 is 1.10 bits per heavy atom. The van der Waals surface area contributed by atoms with Crippen LogP contribution in [0.3, 0.4) is 0 Å². The molecule has 1 aliphatic carbocycles. The highest BCUT2D eigenvalue weighted by Gasteiger charge is 2.45. The van der Waals surface area contributed by atoms with Gasteiger partial charge in [-0.2, -0.15) is 4.31 Å². The number of aromatic carboxylic acids is 1. The maximum Gasteiger partial charge on any atom is 0.337 e. The summed E-state index contributed by atoms with van der Waals surface area (Å²) in [5.41, 5.74) is 4.74. The molecule has 0 saturated heterocycles. The van der Waals surface area contributed by atoms with Crippen molar-refractivity contribution < 1.29 is 19.0 Å². The monoisotopic (exact) mass is 575 g/mol. The van der Waals surface area contributed by atoms with Gasteiger partial charge in [0.25, 0.3) is 0 Å². The van der Waals surface area contributed by atoms with E-state index in [-0.39, 0.29) is 11.8 Å². The minimum Gasteiger partial charge on any atom is -0.478 e. The predicted molar refractivity (Wildman–Crippen MR) is 159 cm³/mol. The Morgan fingerprint density at radius 2 is 1.93 bits per heavy atom. The van der Waals surface area contributed by atoms with E-state index in [4.69, 9.17) is 0 Å². The fraction of sp³-hybridized carbons (Fsp3) is 0.387. The molecule has 1 aliphatic heterocycles. The van der Waals surface area contributed by atoms with Crippen molar-refractivity contribution in [2.45, 2.75) is 62.3 Å². The summed E-state index contributed by atoms with van der Waals surface area (Å²) in [6.07, 6.45) is 8.61. The van der Waals surface area contributed by atoms with E-state index in [0.29, 0.717) is 29.5 Å². The van der Waals surface area contributed by atoms with Gasteiger partial charge < -0.3 is 9.67 Å². The van der Waals surface area contributed by atoms with Crippen LogP contribution in [0.4, 0.5) is 0 Å². The quantitative estimate of drug-likeness (QED) is 0.210. The third-order valence-electron chi connectivity index (χ3n) is 8.41. The number of unbranched alkanes of at least 4 members (excludes halogenated alkanes) is 1. The number of benzene rings is 2. The minimum absolute atomic E-state index is 0.0323. The lowest BCUT2D eigenvalue weighted by Crippen LogP contribution is -2.31. The molecule has 3 atom stereocenters. The minimum atomic E-state index is -3.17. The van der Waals surface area contributed by atoms with Crippen LogP contribution in [-0.4, -0.2) is 50.6 Å². The molecule has 1 fully saturated rings. The van der Waals surface area contributed by atoms with Gasteiger partial charge in [0.05, 0.1) is 16.2 Å². The lowest BCUT2D eigenvalue weighted by atomic mass is 9.94. The average molecular weight is 576 g/mol. The van der Waals surface area contributed by atoms with Crippen molar-refractivity contribution >= 4 is 16.7 Å². The zero-order valence-corrected chi connectivity index (χ0v) is 24.2. The van der Waals surface area contributed by atoms with E-state index >= 15 is 0 Å². The third-order valence-corrected chi connectivity index (χ3v) is 10.4. The van der Waals surface area contributed by atoms with Gasteiger partial charge in [0.1, 0.15) is 0 Å². The van der Waals surface area contributed by atoms with Crippen molar-refractivity contribution in [2.24, 2.45) is 13.0 Å². The SMILES string of the molecule is CCCCC1Cc2ccccc2S(O)(O)N(Cc2cccc(-n3ccc(C(=O)O)c3[C@@H]3C[C@H]3c3cn(C)nn3)c2)C1. The summed E-state index contributed by atoms with van der Waals surface area (Å²) in [5.74, 6) is -0.460. The first-order chi connectivity index (χ1) is 19.8. The average Bonchev–Trinajstić information content (AvgIpc) is 3.43. The summed E-state index contributed by atoms with van der Waals surface area (Å²) in [6.45, 7) is 3.16. The van der Waals surface area contributed by atoms with Gasteiger partial charge in [-0.3, -0.25) is 13.8 Å². The molecular formula is C31H37N5O4S. The van der Waals surface area contributed by atoms with E-state index in [0.717, 1.165) is 60.3 Å². The maximum atomic E-state index is 12.2. The molecule has 0 bridgehead atoms. The Kier molecular flexibility index (Phi) is 7.50. The van der Waals surface area contributed by atoms with Gasteiger partial charge in [0, 0.05) is 55.7 Å². The Morgan fingerprint density at radius 3 is 2.68 bits per heavy atom. The summed E-state index contributed by atoms with van der Waals surface area (Å²) in [6, 6.07) is 17.3. The molecule has 3 N–H and O–H groups in total. The fourth-order valence-electron chi connectivity index (χ4n) is 6.28. The molecule has 41 heavy (non-hydrogen) atoms. The first-order valence-electron chi connectivity index (χ1n) is 14.3. The zero-order chi connectivity index (χ0) is 28.7. The number of carboxylic acid groups (broad SMARTS) is 1. The van der Waals surface area contributed by atoms with Gasteiger partial charge in [0.2, 0.25) is 0 Å². The number of hydrogen-bond acceptors (Lipinski definition) is 6. The normalized spacial score (nSPS) is 22.6. The molecule has 3 heterocycles. The molecule has 0 spiro atoms. The molecule has 10 heteroatoms. The number of carbonyl (C=O) groups is 1. The molecule has 0 amide bonds. The van der Waals surface area contributed by atoms with Crippen LogP contribution in [0.2, 0.25) is 0 Å². The van der Waals surface area contributed by atoms with Crippen LogP contribution < -0.4 is 0 Å². The second kappa shape index (κ2) is 11.1. The molecule has 216 valence electrons. The number of nitrogens with zero attached hydrogens (tertiary/aromatic N) is 5. The molecule has 6 rings (SSSR count). The van der Waals surface area contributed by atoms with Crippen LogP contribution in [0.5, 0.6) is 0 Å². The number of hydrogen-bond donors (Lipinski definition) is 3. The molecular weight excluding hydrogens is 538 g/mol. The van der Waals surface area contributed by atoms with Crippen LogP contribution in [0, 0.1) is 5.92 Å². The Labute approximate surface area is 241 Å². The molecule has 4 aromatic rings. The van der Waals surface area contributed by atoms with Crippen LogP contribution in [0.25, 0.3) is 5.69 Å². The van der Waals surface area contributed by atoms with Crippen LogP contribution in [0.15, 0.2) is 71.9 Å². The molecule has 2 aromatic carbocycles.